The Balaban J connectivity index is 1.25. The number of thioether (sulfide) groups is 1. The van der Waals surface area contributed by atoms with Crippen molar-refractivity contribution in [2.24, 2.45) is 0 Å². The molecule has 2 aliphatic heterocycles. The lowest BCUT2D eigenvalue weighted by Gasteiger charge is -2.14. The third kappa shape index (κ3) is 5.65. The van der Waals surface area contributed by atoms with Crippen molar-refractivity contribution in [2.75, 3.05) is 13.3 Å². The van der Waals surface area contributed by atoms with Crippen LogP contribution in [0.25, 0.3) is 6.08 Å². The maximum Gasteiger partial charge on any atom is 0.269 e. The van der Waals surface area contributed by atoms with Crippen LogP contribution in [0.4, 0.5) is 0 Å². The Morgan fingerprint density at radius 3 is 2.79 bits per heavy atom. The summed E-state index contributed by atoms with van der Waals surface area (Å²) < 4.78 is 11.1. The molecule has 2 N–H and O–H groups in total. The van der Waals surface area contributed by atoms with Crippen molar-refractivity contribution < 1.29 is 23.9 Å². The van der Waals surface area contributed by atoms with E-state index in [2.05, 4.69) is 10.9 Å². The maximum absolute atomic E-state index is 12.8. The van der Waals surface area contributed by atoms with Gasteiger partial charge in [0.2, 0.25) is 12.7 Å². The topological polar surface area (TPSA) is 97.0 Å². The van der Waals surface area contributed by atoms with E-state index in [4.69, 9.17) is 33.3 Å². The first kappa shape index (κ1) is 23.1. The summed E-state index contributed by atoms with van der Waals surface area (Å²) in [6.07, 6.45) is 2.23. The van der Waals surface area contributed by atoms with Crippen molar-refractivity contribution in [2.45, 2.75) is 12.8 Å². The third-order valence-electron chi connectivity index (χ3n) is 4.76. The van der Waals surface area contributed by atoms with Gasteiger partial charge in [-0.15, -0.1) is 0 Å². The van der Waals surface area contributed by atoms with E-state index in [1.807, 2.05) is 6.07 Å². The summed E-state index contributed by atoms with van der Waals surface area (Å²) >= 11 is 12.4. The van der Waals surface area contributed by atoms with Crippen LogP contribution in [0.1, 0.15) is 28.8 Å². The average molecular weight is 504 g/mol. The molecule has 0 radical (unpaired) electrons. The van der Waals surface area contributed by atoms with Crippen LogP contribution < -0.4 is 20.3 Å². The highest BCUT2D eigenvalue weighted by Gasteiger charge is 2.31. The zero-order chi connectivity index (χ0) is 23.4. The van der Waals surface area contributed by atoms with Crippen molar-refractivity contribution >= 4 is 63.7 Å². The van der Waals surface area contributed by atoms with Gasteiger partial charge in [-0.1, -0.05) is 47.7 Å². The van der Waals surface area contributed by atoms with Crippen LogP contribution in [0.3, 0.4) is 0 Å². The highest BCUT2D eigenvalue weighted by Crippen LogP contribution is 2.36. The molecule has 4 rings (SSSR count). The van der Waals surface area contributed by atoms with E-state index in [-0.39, 0.29) is 25.0 Å². The summed E-state index contributed by atoms with van der Waals surface area (Å²) in [5, 5.41) is 0.421. The molecule has 0 spiro atoms. The fraction of sp³-hybridized carbons (Fsp3) is 0.182. The predicted octanol–water partition coefficient (Wildman–Crippen LogP) is 3.51. The summed E-state index contributed by atoms with van der Waals surface area (Å²) in [5.41, 5.74) is 5.82. The van der Waals surface area contributed by atoms with Crippen molar-refractivity contribution in [1.29, 1.82) is 0 Å². The minimum Gasteiger partial charge on any atom is -0.454 e. The molecule has 2 aliphatic rings. The van der Waals surface area contributed by atoms with Gasteiger partial charge in [0.25, 0.3) is 11.8 Å². The molecule has 0 unspecified atom stereocenters. The Bertz CT molecular complexity index is 1170. The number of benzene rings is 2. The van der Waals surface area contributed by atoms with Gasteiger partial charge in [0.05, 0.1) is 4.91 Å². The van der Waals surface area contributed by atoms with Crippen LogP contribution in [-0.4, -0.2) is 40.3 Å². The van der Waals surface area contributed by atoms with Gasteiger partial charge in [0, 0.05) is 23.6 Å². The first-order chi connectivity index (χ1) is 15.9. The van der Waals surface area contributed by atoms with E-state index in [0.717, 1.165) is 5.56 Å². The summed E-state index contributed by atoms with van der Waals surface area (Å²) in [7, 11) is 0. The van der Waals surface area contributed by atoms with Crippen LogP contribution >= 0.6 is 35.6 Å². The number of carbonyl (C=O) groups is 3. The van der Waals surface area contributed by atoms with Crippen molar-refractivity contribution in [3.63, 3.8) is 0 Å². The number of hydrogen-bond donors (Lipinski definition) is 2. The number of rotatable bonds is 6. The van der Waals surface area contributed by atoms with Crippen LogP contribution in [-0.2, 0) is 9.59 Å². The first-order valence-electron chi connectivity index (χ1n) is 9.90. The number of halogens is 1. The number of carbonyl (C=O) groups excluding carboxylic acids is 3. The number of hydrogen-bond acceptors (Lipinski definition) is 7. The van der Waals surface area contributed by atoms with Gasteiger partial charge in [-0.25, -0.2) is 0 Å². The van der Waals surface area contributed by atoms with E-state index < -0.39 is 5.91 Å². The smallest absolute Gasteiger partial charge is 0.269 e. The van der Waals surface area contributed by atoms with Gasteiger partial charge in [0.1, 0.15) is 4.32 Å². The molecule has 33 heavy (non-hydrogen) atoms. The molecule has 0 saturated carbocycles. The highest BCUT2D eigenvalue weighted by atomic mass is 35.5. The number of hydrazine groups is 1. The molecular weight excluding hydrogens is 486 g/mol. The van der Waals surface area contributed by atoms with Gasteiger partial charge in [0.15, 0.2) is 11.5 Å². The van der Waals surface area contributed by atoms with Gasteiger partial charge in [-0.3, -0.25) is 30.1 Å². The Morgan fingerprint density at radius 1 is 1.15 bits per heavy atom. The van der Waals surface area contributed by atoms with E-state index >= 15 is 0 Å². The van der Waals surface area contributed by atoms with E-state index in [1.54, 1.807) is 36.4 Å². The molecule has 170 valence electrons. The largest absolute Gasteiger partial charge is 0.454 e. The predicted molar refractivity (Wildman–Crippen MR) is 129 cm³/mol. The summed E-state index contributed by atoms with van der Waals surface area (Å²) in [6, 6.07) is 11.8. The molecule has 3 amide bonds. The molecule has 0 aromatic heterocycles. The molecule has 0 bridgehead atoms. The molecular formula is C22H18ClN3O5S2. The number of nitrogens with one attached hydrogen (secondary N) is 2. The molecule has 2 aromatic carbocycles. The lowest BCUT2D eigenvalue weighted by molar-refractivity contribution is -0.124. The molecule has 0 atom stereocenters. The number of thiocarbonyl (C=S) groups is 1. The highest BCUT2D eigenvalue weighted by molar-refractivity contribution is 8.26. The number of nitrogens with zero attached hydrogens (tertiary/aromatic N) is 1. The van der Waals surface area contributed by atoms with Gasteiger partial charge >= 0.3 is 0 Å². The van der Waals surface area contributed by atoms with Crippen LogP contribution in [0.15, 0.2) is 47.4 Å². The van der Waals surface area contributed by atoms with E-state index in [9.17, 15) is 14.4 Å². The first-order valence-corrected chi connectivity index (χ1v) is 11.5. The summed E-state index contributed by atoms with van der Waals surface area (Å²) in [6.45, 7) is 0.470. The van der Waals surface area contributed by atoms with Crippen LogP contribution in [0, 0.1) is 0 Å². The minimum atomic E-state index is -0.476. The van der Waals surface area contributed by atoms with Crippen molar-refractivity contribution in [3.8, 4) is 11.5 Å². The van der Waals surface area contributed by atoms with Gasteiger partial charge < -0.3 is 9.47 Å². The Kier molecular flexibility index (Phi) is 7.17. The van der Waals surface area contributed by atoms with E-state index in [1.165, 1.54) is 22.7 Å². The molecule has 1 fully saturated rings. The Labute approximate surface area is 204 Å². The average Bonchev–Trinajstić information content (AvgIpc) is 3.36. The lowest BCUT2D eigenvalue weighted by atomic mass is 10.2. The second-order valence-electron chi connectivity index (χ2n) is 7.06. The molecule has 2 aromatic rings. The fourth-order valence-corrected chi connectivity index (χ4v) is 4.63. The molecule has 8 nitrogen and oxygen atoms in total. The molecule has 11 heteroatoms. The summed E-state index contributed by atoms with van der Waals surface area (Å²) in [5.74, 6) is 0.231. The number of amides is 3. The molecule has 1 saturated heterocycles. The third-order valence-corrected chi connectivity index (χ3v) is 6.37. The lowest BCUT2D eigenvalue weighted by Crippen LogP contribution is -2.41. The standard InChI is InChI=1S/C22H18ClN3O5S2/c23-15-4-1-3-14(11-15)20(28)25-24-19(27)5-2-8-26-21(29)18(33-22(26)32)10-13-6-7-16-17(9-13)31-12-30-16/h1,3-4,6-7,9-11H,2,5,8,12H2,(H,24,27)(H,25,28)/b18-10-. The van der Waals surface area contributed by atoms with Gasteiger partial charge in [-0.2, -0.15) is 0 Å². The summed E-state index contributed by atoms with van der Waals surface area (Å²) in [4.78, 5) is 38.8. The number of ether oxygens (including phenoxy) is 2. The monoisotopic (exact) mass is 503 g/mol. The fourth-order valence-electron chi connectivity index (χ4n) is 3.14. The molecule has 0 aliphatic carbocycles. The van der Waals surface area contributed by atoms with Crippen LogP contribution in [0.5, 0.6) is 11.5 Å². The van der Waals surface area contributed by atoms with Crippen LogP contribution in [0.2, 0.25) is 5.02 Å². The molecule has 2 heterocycles. The quantitative estimate of drug-likeness (QED) is 0.353. The minimum absolute atomic E-state index is 0.105. The second-order valence-corrected chi connectivity index (χ2v) is 9.17. The second kappa shape index (κ2) is 10.2. The number of fused-ring (bicyclic) bond motifs is 1. The Morgan fingerprint density at radius 2 is 1.97 bits per heavy atom. The normalized spacial score (nSPS) is 15.8. The van der Waals surface area contributed by atoms with E-state index in [0.29, 0.717) is 44.3 Å². The SMILES string of the molecule is O=C(CCCN1C(=O)/C(=C/c2ccc3c(c2)OCO3)SC1=S)NNC(=O)c1cccc(Cl)c1. The van der Waals surface area contributed by atoms with Gasteiger partial charge in [-0.05, 0) is 48.4 Å². The van der Waals surface area contributed by atoms with Crippen molar-refractivity contribution in [3.05, 3.63) is 63.5 Å². The zero-order valence-corrected chi connectivity index (χ0v) is 19.5. The zero-order valence-electron chi connectivity index (χ0n) is 17.1. The van der Waals surface area contributed by atoms with Crippen molar-refractivity contribution in [1.82, 2.24) is 15.8 Å². The maximum atomic E-state index is 12.8. The Hall–Kier alpha value is -3.08.